The maximum Gasteiger partial charge on any atom is 0.253 e. The number of aromatic amines is 1. The number of pyridine rings is 1. The highest BCUT2D eigenvalue weighted by atomic mass is 16.7. The van der Waals surface area contributed by atoms with Crippen LogP contribution in [0.15, 0.2) is 47.3 Å². The van der Waals surface area contributed by atoms with E-state index in [2.05, 4.69) is 25.4 Å². The van der Waals surface area contributed by atoms with Crippen LogP contribution in [0.5, 0.6) is 17.2 Å². The zero-order valence-electron chi connectivity index (χ0n) is 23.2. The van der Waals surface area contributed by atoms with Gasteiger partial charge in [0.25, 0.3) is 5.56 Å². The number of hydrogen-bond donors (Lipinski definition) is 1. The summed E-state index contributed by atoms with van der Waals surface area (Å²) in [4.78, 5) is 19.1. The Morgan fingerprint density at radius 3 is 2.62 bits per heavy atom. The lowest BCUT2D eigenvalue weighted by Gasteiger charge is -2.34. The molecule has 210 valence electrons. The van der Waals surface area contributed by atoms with Gasteiger partial charge in [0, 0.05) is 36.7 Å². The van der Waals surface area contributed by atoms with Gasteiger partial charge in [-0.25, -0.2) is 4.68 Å². The molecule has 4 aromatic rings. The van der Waals surface area contributed by atoms with Crippen LogP contribution in [-0.2, 0) is 16.8 Å². The summed E-state index contributed by atoms with van der Waals surface area (Å²) in [6, 6.07) is 13.0. The van der Waals surface area contributed by atoms with Crippen molar-refractivity contribution >= 4 is 10.9 Å². The van der Waals surface area contributed by atoms with Gasteiger partial charge in [0.2, 0.25) is 6.79 Å². The lowest BCUT2D eigenvalue weighted by Crippen LogP contribution is -2.40. The van der Waals surface area contributed by atoms with Crippen molar-refractivity contribution in [2.24, 2.45) is 0 Å². The second-order valence-corrected chi connectivity index (χ2v) is 11.3. The summed E-state index contributed by atoms with van der Waals surface area (Å²) in [6.07, 6.45) is 2.00. The van der Waals surface area contributed by atoms with E-state index in [0.29, 0.717) is 41.5 Å². The van der Waals surface area contributed by atoms with Crippen molar-refractivity contribution in [2.45, 2.75) is 57.8 Å². The molecule has 11 nitrogen and oxygen atoms in total. The second kappa shape index (κ2) is 10.5. The third-order valence-corrected chi connectivity index (χ3v) is 7.41. The number of nitrogens with one attached hydrogen (secondary N) is 1. The standard InChI is InChI=1S/C29H34N6O5/c1-29(2,3)35-27(31-32-33-35)26(22-12-19-13-24-25(40-17-39-24)14-23(19)30-28(22)36)34(16-21-6-5-11-38-21)15-18-7-9-20(37-4)10-8-18/h7-10,12-14,21,26H,5-6,11,15-17H2,1-4H3,(H,30,36)/t21-,26-/m0/s1. The monoisotopic (exact) mass is 546 g/mol. The van der Waals surface area contributed by atoms with Crippen LogP contribution in [0.4, 0.5) is 0 Å². The zero-order chi connectivity index (χ0) is 27.9. The van der Waals surface area contributed by atoms with E-state index in [1.807, 2.05) is 57.2 Å². The smallest absolute Gasteiger partial charge is 0.253 e. The molecule has 1 N–H and O–H groups in total. The first-order valence-corrected chi connectivity index (χ1v) is 13.5. The normalized spacial score (nSPS) is 17.6. The van der Waals surface area contributed by atoms with E-state index in [1.165, 1.54) is 0 Å². The summed E-state index contributed by atoms with van der Waals surface area (Å²) >= 11 is 0. The Labute approximate surface area is 232 Å². The predicted octanol–water partition coefficient (Wildman–Crippen LogP) is 3.78. The average molecular weight is 547 g/mol. The first kappa shape index (κ1) is 26.3. The van der Waals surface area contributed by atoms with Gasteiger partial charge in [-0.05, 0) is 73.9 Å². The number of methoxy groups -OCH3 is 1. The molecule has 0 amide bonds. The van der Waals surface area contributed by atoms with Crippen LogP contribution in [0.2, 0.25) is 0 Å². The van der Waals surface area contributed by atoms with Crippen LogP contribution in [0.3, 0.4) is 0 Å². The van der Waals surface area contributed by atoms with Crippen LogP contribution in [0, 0.1) is 0 Å². The molecule has 2 aliphatic heterocycles. The highest BCUT2D eigenvalue weighted by Crippen LogP contribution is 2.37. The Kier molecular flexibility index (Phi) is 6.93. The lowest BCUT2D eigenvalue weighted by molar-refractivity contribution is 0.0564. The molecular formula is C29H34N6O5. The Balaban J connectivity index is 1.51. The number of H-pyrrole nitrogens is 1. The van der Waals surface area contributed by atoms with Gasteiger partial charge < -0.3 is 23.9 Å². The minimum absolute atomic E-state index is 0.0353. The van der Waals surface area contributed by atoms with Crippen molar-refractivity contribution < 1.29 is 18.9 Å². The molecule has 2 aliphatic rings. The molecule has 4 heterocycles. The lowest BCUT2D eigenvalue weighted by atomic mass is 10.00. The molecule has 1 fully saturated rings. The molecule has 0 aliphatic carbocycles. The van der Waals surface area contributed by atoms with Gasteiger partial charge in [0.05, 0.1) is 24.3 Å². The van der Waals surface area contributed by atoms with Gasteiger partial charge in [-0.3, -0.25) is 9.69 Å². The van der Waals surface area contributed by atoms with Gasteiger partial charge in [-0.15, -0.1) is 5.10 Å². The molecule has 0 saturated carbocycles. The number of benzene rings is 2. The molecule has 2 aromatic carbocycles. The van der Waals surface area contributed by atoms with E-state index in [9.17, 15) is 4.79 Å². The van der Waals surface area contributed by atoms with E-state index in [1.54, 1.807) is 17.9 Å². The van der Waals surface area contributed by atoms with E-state index in [-0.39, 0.29) is 18.5 Å². The maximum absolute atomic E-state index is 13.8. The zero-order valence-corrected chi connectivity index (χ0v) is 23.2. The summed E-state index contributed by atoms with van der Waals surface area (Å²) in [5.41, 5.74) is 1.65. The molecule has 11 heteroatoms. The van der Waals surface area contributed by atoms with E-state index >= 15 is 0 Å². The average Bonchev–Trinajstić information content (AvgIpc) is 3.70. The van der Waals surface area contributed by atoms with Gasteiger partial charge in [0.1, 0.15) is 11.8 Å². The Hall–Kier alpha value is -3.96. The molecule has 1 saturated heterocycles. The number of fused-ring (bicyclic) bond motifs is 2. The van der Waals surface area contributed by atoms with Crippen molar-refractivity contribution in [3.8, 4) is 17.2 Å². The fourth-order valence-electron chi connectivity index (χ4n) is 5.43. The number of aromatic nitrogens is 5. The Morgan fingerprint density at radius 1 is 1.15 bits per heavy atom. The van der Waals surface area contributed by atoms with Crippen LogP contribution in [-0.4, -0.2) is 63.2 Å². The fourth-order valence-corrected chi connectivity index (χ4v) is 5.43. The minimum atomic E-state index is -0.556. The molecule has 6 rings (SSSR count). The predicted molar refractivity (Wildman–Crippen MR) is 148 cm³/mol. The topological polar surface area (TPSA) is 117 Å². The van der Waals surface area contributed by atoms with Gasteiger partial charge in [-0.1, -0.05) is 12.1 Å². The summed E-state index contributed by atoms with van der Waals surface area (Å²) < 4.78 is 24.4. The first-order chi connectivity index (χ1) is 19.3. The van der Waals surface area contributed by atoms with Crippen molar-refractivity contribution in [1.29, 1.82) is 0 Å². The second-order valence-electron chi connectivity index (χ2n) is 11.3. The van der Waals surface area contributed by atoms with Crippen LogP contribution in [0.1, 0.15) is 56.6 Å². The van der Waals surface area contributed by atoms with Gasteiger partial charge in [0.15, 0.2) is 17.3 Å². The van der Waals surface area contributed by atoms with E-state index in [4.69, 9.17) is 18.9 Å². The molecule has 40 heavy (non-hydrogen) atoms. The first-order valence-electron chi connectivity index (χ1n) is 13.5. The summed E-state index contributed by atoms with van der Waals surface area (Å²) in [5.74, 6) is 2.64. The van der Waals surface area contributed by atoms with E-state index < -0.39 is 11.6 Å². The SMILES string of the molecule is COc1ccc(CN(C[C@@H]2CCCO2)[C@@H](c2cc3cc4c(cc3[nH]c2=O)OCO4)c2nnnn2C(C)(C)C)cc1. The molecule has 0 spiro atoms. The number of ether oxygens (including phenoxy) is 4. The van der Waals surface area contributed by atoms with Crippen LogP contribution in [0.25, 0.3) is 10.9 Å². The van der Waals surface area contributed by atoms with Gasteiger partial charge >= 0.3 is 0 Å². The van der Waals surface area contributed by atoms with Crippen molar-refractivity contribution in [3.63, 3.8) is 0 Å². The number of hydrogen-bond acceptors (Lipinski definition) is 9. The molecule has 0 unspecified atom stereocenters. The van der Waals surface area contributed by atoms with Crippen LogP contribution < -0.4 is 19.8 Å². The number of tetrazole rings is 1. The number of rotatable bonds is 8. The summed E-state index contributed by atoms with van der Waals surface area (Å²) in [7, 11) is 1.65. The van der Waals surface area contributed by atoms with E-state index in [0.717, 1.165) is 36.1 Å². The van der Waals surface area contributed by atoms with Crippen LogP contribution >= 0.6 is 0 Å². The Bertz CT molecular complexity index is 1550. The minimum Gasteiger partial charge on any atom is -0.497 e. The molecular weight excluding hydrogens is 512 g/mol. The molecule has 2 aromatic heterocycles. The molecule has 0 radical (unpaired) electrons. The highest BCUT2D eigenvalue weighted by molar-refractivity contribution is 5.83. The van der Waals surface area contributed by atoms with Crippen molar-refractivity contribution in [1.82, 2.24) is 30.1 Å². The third-order valence-electron chi connectivity index (χ3n) is 7.41. The highest BCUT2D eigenvalue weighted by Gasteiger charge is 2.35. The largest absolute Gasteiger partial charge is 0.497 e. The Morgan fingerprint density at radius 2 is 1.93 bits per heavy atom. The van der Waals surface area contributed by atoms with Gasteiger partial charge in [-0.2, -0.15) is 0 Å². The molecule has 0 bridgehead atoms. The third kappa shape index (κ3) is 5.14. The summed E-state index contributed by atoms with van der Waals surface area (Å²) in [5, 5.41) is 13.7. The van der Waals surface area contributed by atoms with Crippen molar-refractivity contribution in [2.75, 3.05) is 27.1 Å². The quantitative estimate of drug-likeness (QED) is 0.352. The number of nitrogens with zero attached hydrogens (tertiary/aromatic N) is 5. The molecule has 2 atom stereocenters. The van der Waals surface area contributed by atoms with Crippen molar-refractivity contribution in [3.05, 3.63) is 69.8 Å². The summed E-state index contributed by atoms with van der Waals surface area (Å²) in [6.45, 7) is 8.17. The maximum atomic E-state index is 13.8. The fraction of sp³-hybridized carbons (Fsp3) is 0.448.